The monoisotopic (exact) mass is 579 g/mol. The maximum absolute atomic E-state index is 13.2. The van der Waals surface area contributed by atoms with Crippen molar-refractivity contribution < 1.29 is 24.5 Å². The van der Waals surface area contributed by atoms with E-state index in [0.717, 1.165) is 37.8 Å². The summed E-state index contributed by atoms with van der Waals surface area (Å²) in [4.78, 5) is 30.6. The molecule has 1 saturated carbocycles. The molecule has 1 aromatic rings. The van der Waals surface area contributed by atoms with Crippen LogP contribution in [-0.2, 0) is 20.9 Å². The van der Waals surface area contributed by atoms with Crippen LogP contribution in [0.2, 0.25) is 0 Å². The number of hydrogen-bond donors (Lipinski definition) is 3. The average Bonchev–Trinajstić information content (AvgIpc) is 3.45. The summed E-state index contributed by atoms with van der Waals surface area (Å²) in [5, 5.41) is 34.5. The predicted octanol–water partition coefficient (Wildman–Crippen LogP) is 5.26. The molecule has 1 amide bonds. The van der Waals surface area contributed by atoms with Gasteiger partial charge in [0.2, 0.25) is 5.91 Å². The second-order valence-corrected chi connectivity index (χ2v) is 12.8. The van der Waals surface area contributed by atoms with E-state index < -0.39 is 24.3 Å². The van der Waals surface area contributed by atoms with Crippen molar-refractivity contribution in [3.8, 4) is 6.07 Å². The van der Waals surface area contributed by atoms with Gasteiger partial charge in [0.05, 0.1) is 42.5 Å². The predicted molar refractivity (Wildman–Crippen MR) is 161 cm³/mol. The van der Waals surface area contributed by atoms with Gasteiger partial charge in [-0.1, -0.05) is 52.3 Å². The van der Waals surface area contributed by atoms with Crippen LogP contribution in [0, 0.1) is 46.8 Å². The highest BCUT2D eigenvalue weighted by Gasteiger charge is 2.39. The number of aromatic nitrogens is 1. The van der Waals surface area contributed by atoms with Crippen molar-refractivity contribution in [1.82, 2.24) is 10.3 Å². The number of cyclic esters (lactones) is 1. The van der Waals surface area contributed by atoms with Crippen LogP contribution in [0.1, 0.15) is 84.8 Å². The number of nitrogens with one attached hydrogen (secondary N) is 1. The molecule has 1 aliphatic carbocycles. The van der Waals surface area contributed by atoms with Gasteiger partial charge in [-0.05, 0) is 74.0 Å². The zero-order valence-electron chi connectivity index (χ0n) is 25.6. The second-order valence-electron chi connectivity index (χ2n) is 12.8. The molecule has 230 valence electrons. The van der Waals surface area contributed by atoms with Gasteiger partial charge in [0.15, 0.2) is 0 Å². The molecule has 9 atom stereocenters. The van der Waals surface area contributed by atoms with E-state index in [4.69, 9.17) is 4.74 Å². The second kappa shape index (κ2) is 16.6. The minimum absolute atomic E-state index is 0.0778. The van der Waals surface area contributed by atoms with Crippen LogP contribution in [0.15, 0.2) is 48.2 Å². The number of amides is 1. The number of hydrogen-bond acceptors (Lipinski definition) is 7. The maximum Gasteiger partial charge on any atom is 0.308 e. The van der Waals surface area contributed by atoms with E-state index in [1.165, 1.54) is 0 Å². The molecule has 42 heavy (non-hydrogen) atoms. The number of ether oxygens (including phenoxy) is 1. The number of nitriles is 1. The Hall–Kier alpha value is -3.02. The lowest BCUT2D eigenvalue weighted by Crippen LogP contribution is -2.38. The third-order valence-corrected chi connectivity index (χ3v) is 8.99. The van der Waals surface area contributed by atoms with Crippen LogP contribution in [0.25, 0.3) is 0 Å². The fourth-order valence-corrected chi connectivity index (χ4v) is 6.80. The fraction of sp³-hybridized carbons (Fsp3) is 0.647. The lowest BCUT2D eigenvalue weighted by molar-refractivity contribution is -0.156. The first kappa shape index (κ1) is 33.5. The van der Waals surface area contributed by atoms with Crippen molar-refractivity contribution in [2.45, 2.75) is 104 Å². The fourth-order valence-electron chi connectivity index (χ4n) is 6.80. The quantitative estimate of drug-likeness (QED) is 0.414. The van der Waals surface area contributed by atoms with Gasteiger partial charge in [-0.2, -0.15) is 5.26 Å². The van der Waals surface area contributed by atoms with Gasteiger partial charge in [0, 0.05) is 24.5 Å². The van der Waals surface area contributed by atoms with Crippen LogP contribution in [0.5, 0.6) is 0 Å². The zero-order chi connectivity index (χ0) is 30.6. The molecule has 9 unspecified atom stereocenters. The highest BCUT2D eigenvalue weighted by Crippen LogP contribution is 2.37. The zero-order valence-corrected chi connectivity index (χ0v) is 25.6. The van der Waals surface area contributed by atoms with E-state index >= 15 is 0 Å². The standard InChI is InChI=1S/C34H49N3O5/c1-22-16-23(2)18-25(4)33(40)26(20-35)10-5-6-14-31(42-32(39)19-30(38)24(3)17-22)28-12-9-13-29(28)34(41)37-21-27-11-7-8-15-36-27/h5-8,10-11,15,22-25,28-31,33,38,40H,9,12-14,16-19,21H2,1-4H3,(H,37,41)/b6-5+,26-10+. The molecule has 0 radical (unpaired) electrons. The summed E-state index contributed by atoms with van der Waals surface area (Å²) in [5.41, 5.74) is 1.08. The van der Waals surface area contributed by atoms with E-state index in [1.54, 1.807) is 18.3 Å². The number of pyridine rings is 1. The summed E-state index contributed by atoms with van der Waals surface area (Å²) in [6.07, 6.45) is 9.71. The summed E-state index contributed by atoms with van der Waals surface area (Å²) in [5.74, 6) is -0.513. The van der Waals surface area contributed by atoms with E-state index in [9.17, 15) is 25.1 Å². The first-order chi connectivity index (χ1) is 20.1. The molecule has 0 aromatic carbocycles. The number of aliphatic hydroxyl groups is 2. The highest BCUT2D eigenvalue weighted by molar-refractivity contribution is 5.79. The van der Waals surface area contributed by atoms with Gasteiger partial charge in [-0.3, -0.25) is 14.6 Å². The molecule has 0 saturated heterocycles. The number of allylic oxidation sites excluding steroid dienone is 2. The Kier molecular flexibility index (Phi) is 13.2. The smallest absolute Gasteiger partial charge is 0.308 e. The molecule has 1 aromatic heterocycles. The molecular formula is C34H49N3O5. The van der Waals surface area contributed by atoms with E-state index in [-0.39, 0.29) is 36.0 Å². The maximum atomic E-state index is 13.2. The molecule has 2 aliphatic rings. The third-order valence-electron chi connectivity index (χ3n) is 8.99. The molecule has 1 fully saturated rings. The topological polar surface area (TPSA) is 133 Å². The van der Waals surface area contributed by atoms with Crippen LogP contribution in [0.4, 0.5) is 0 Å². The Labute approximate surface area is 251 Å². The summed E-state index contributed by atoms with van der Waals surface area (Å²) in [6, 6.07) is 7.72. The number of rotatable bonds is 4. The van der Waals surface area contributed by atoms with Crippen molar-refractivity contribution >= 4 is 11.9 Å². The van der Waals surface area contributed by atoms with Crippen LogP contribution >= 0.6 is 0 Å². The Morgan fingerprint density at radius 3 is 2.52 bits per heavy atom. The third kappa shape index (κ3) is 10.1. The van der Waals surface area contributed by atoms with E-state index in [0.29, 0.717) is 36.8 Å². The van der Waals surface area contributed by atoms with E-state index in [2.05, 4.69) is 30.2 Å². The Balaban J connectivity index is 1.81. The Morgan fingerprint density at radius 1 is 1.10 bits per heavy atom. The first-order valence-corrected chi connectivity index (χ1v) is 15.6. The number of carbonyl (C=O) groups is 2. The normalized spacial score (nSPS) is 35.9. The molecule has 8 nitrogen and oxygen atoms in total. The molecule has 3 N–H and O–H groups in total. The lowest BCUT2D eigenvalue weighted by atomic mass is 9.82. The SMILES string of the molecule is CC1CC(C)CC(C)C(O)/C(C#N)=C/C=C/CC(C2CCCC2C(=O)NCc2ccccn2)OC(=O)CC(O)C(C)C1. The minimum Gasteiger partial charge on any atom is -0.462 e. The largest absolute Gasteiger partial charge is 0.462 e. The molecular weight excluding hydrogens is 530 g/mol. The van der Waals surface area contributed by atoms with Crippen LogP contribution in [-0.4, -0.2) is 45.4 Å². The molecule has 1 aliphatic heterocycles. The van der Waals surface area contributed by atoms with Gasteiger partial charge in [0.1, 0.15) is 6.10 Å². The summed E-state index contributed by atoms with van der Waals surface area (Å²) < 4.78 is 6.00. The van der Waals surface area contributed by atoms with Crippen LogP contribution in [0.3, 0.4) is 0 Å². The highest BCUT2D eigenvalue weighted by atomic mass is 16.5. The molecule has 2 heterocycles. The number of carbonyl (C=O) groups excluding carboxylic acids is 2. The Morgan fingerprint density at radius 2 is 1.83 bits per heavy atom. The van der Waals surface area contributed by atoms with Gasteiger partial charge in [-0.15, -0.1) is 0 Å². The van der Waals surface area contributed by atoms with Crippen molar-refractivity contribution in [2.24, 2.45) is 35.5 Å². The molecule has 3 rings (SSSR count). The number of nitrogens with zero attached hydrogens (tertiary/aromatic N) is 2. The minimum atomic E-state index is -0.868. The van der Waals surface area contributed by atoms with Gasteiger partial charge < -0.3 is 20.3 Å². The van der Waals surface area contributed by atoms with E-state index in [1.807, 2.05) is 38.1 Å². The summed E-state index contributed by atoms with van der Waals surface area (Å²) >= 11 is 0. The summed E-state index contributed by atoms with van der Waals surface area (Å²) in [6.45, 7) is 8.57. The molecule has 8 heteroatoms. The van der Waals surface area contributed by atoms with Crippen LogP contribution < -0.4 is 5.32 Å². The average molecular weight is 580 g/mol. The van der Waals surface area contributed by atoms with Gasteiger partial charge >= 0.3 is 5.97 Å². The van der Waals surface area contributed by atoms with Crippen molar-refractivity contribution in [3.05, 3.63) is 53.9 Å². The number of aliphatic hydroxyl groups excluding tert-OH is 2. The summed E-state index contributed by atoms with van der Waals surface area (Å²) in [7, 11) is 0. The molecule has 0 bridgehead atoms. The lowest BCUT2D eigenvalue weighted by Gasteiger charge is -2.29. The first-order valence-electron chi connectivity index (χ1n) is 15.6. The number of esters is 1. The Bertz CT molecular complexity index is 1110. The van der Waals surface area contributed by atoms with Crippen molar-refractivity contribution in [3.63, 3.8) is 0 Å². The van der Waals surface area contributed by atoms with Crippen molar-refractivity contribution in [1.29, 1.82) is 5.26 Å². The van der Waals surface area contributed by atoms with Crippen molar-refractivity contribution in [2.75, 3.05) is 0 Å². The van der Waals surface area contributed by atoms with Gasteiger partial charge in [-0.25, -0.2) is 0 Å². The van der Waals surface area contributed by atoms with Gasteiger partial charge in [0.25, 0.3) is 0 Å². The molecule has 0 spiro atoms.